The standard InChI is InChI=1S/C21H20N4OS/c1-4-15-8-9-18-19(11-15)27-21(25-18)24-16-6-5-7-17(12-16)26-20-22-13(2)10-14(3)23-20/h5-12H,4H2,1-3H3,(H,24,25). The van der Waals surface area contributed by atoms with E-state index >= 15 is 0 Å². The average molecular weight is 376 g/mol. The summed E-state index contributed by atoms with van der Waals surface area (Å²) in [5.74, 6) is 0.680. The van der Waals surface area contributed by atoms with E-state index in [0.29, 0.717) is 11.8 Å². The van der Waals surface area contributed by atoms with Gasteiger partial charge in [0.25, 0.3) is 0 Å². The first-order chi connectivity index (χ1) is 13.1. The Kier molecular flexibility index (Phi) is 4.73. The number of rotatable bonds is 5. The van der Waals surface area contributed by atoms with Gasteiger partial charge in [-0.05, 0) is 56.2 Å². The Morgan fingerprint density at radius 1 is 0.963 bits per heavy atom. The molecule has 0 bridgehead atoms. The maximum absolute atomic E-state index is 5.83. The van der Waals surface area contributed by atoms with Gasteiger partial charge in [-0.3, -0.25) is 0 Å². The largest absolute Gasteiger partial charge is 0.424 e. The van der Waals surface area contributed by atoms with Gasteiger partial charge < -0.3 is 10.1 Å². The Hall–Kier alpha value is -2.99. The summed E-state index contributed by atoms with van der Waals surface area (Å²) in [6.45, 7) is 6.01. The van der Waals surface area contributed by atoms with Crippen molar-refractivity contribution in [1.29, 1.82) is 0 Å². The van der Waals surface area contributed by atoms with E-state index in [4.69, 9.17) is 4.74 Å². The average Bonchev–Trinajstić information content (AvgIpc) is 3.02. The number of aryl methyl sites for hydroxylation is 3. The third kappa shape index (κ3) is 4.06. The van der Waals surface area contributed by atoms with Crippen LogP contribution in [-0.4, -0.2) is 15.0 Å². The predicted molar refractivity (Wildman–Crippen MR) is 110 cm³/mol. The Bertz CT molecular complexity index is 1090. The number of aromatic nitrogens is 3. The molecule has 6 heteroatoms. The normalized spacial score (nSPS) is 10.9. The van der Waals surface area contributed by atoms with Gasteiger partial charge in [0.05, 0.1) is 10.2 Å². The molecule has 0 fully saturated rings. The van der Waals surface area contributed by atoms with Crippen molar-refractivity contribution in [3.8, 4) is 11.8 Å². The fraction of sp³-hybridized carbons (Fsp3) is 0.190. The van der Waals surface area contributed by atoms with Crippen molar-refractivity contribution in [2.45, 2.75) is 27.2 Å². The molecule has 0 radical (unpaired) electrons. The number of thiazole rings is 1. The molecular formula is C21H20N4OS. The minimum Gasteiger partial charge on any atom is -0.424 e. The van der Waals surface area contributed by atoms with Crippen molar-refractivity contribution in [2.24, 2.45) is 0 Å². The molecule has 0 saturated heterocycles. The van der Waals surface area contributed by atoms with Crippen molar-refractivity contribution in [3.05, 3.63) is 65.5 Å². The van der Waals surface area contributed by atoms with Gasteiger partial charge in [0.1, 0.15) is 5.75 Å². The van der Waals surface area contributed by atoms with Crippen LogP contribution in [0.1, 0.15) is 23.9 Å². The molecule has 2 heterocycles. The molecule has 0 atom stereocenters. The highest BCUT2D eigenvalue weighted by atomic mass is 32.1. The van der Waals surface area contributed by atoms with Gasteiger partial charge in [0, 0.05) is 23.1 Å². The number of fused-ring (bicyclic) bond motifs is 1. The molecule has 0 aliphatic rings. The monoisotopic (exact) mass is 376 g/mol. The minimum absolute atomic E-state index is 0.358. The summed E-state index contributed by atoms with van der Waals surface area (Å²) in [6.07, 6.45) is 1.02. The third-order valence-electron chi connectivity index (χ3n) is 4.12. The van der Waals surface area contributed by atoms with Crippen molar-refractivity contribution >= 4 is 32.4 Å². The smallest absolute Gasteiger partial charge is 0.322 e. The second-order valence-corrected chi connectivity index (χ2v) is 7.39. The molecular weight excluding hydrogens is 356 g/mol. The third-order valence-corrected chi connectivity index (χ3v) is 5.05. The van der Waals surface area contributed by atoms with Gasteiger partial charge in [-0.2, -0.15) is 0 Å². The number of anilines is 2. The summed E-state index contributed by atoms with van der Waals surface area (Å²) in [7, 11) is 0. The number of hydrogen-bond acceptors (Lipinski definition) is 6. The zero-order valence-corrected chi connectivity index (χ0v) is 16.3. The lowest BCUT2D eigenvalue weighted by molar-refractivity contribution is 0.439. The van der Waals surface area contributed by atoms with Gasteiger partial charge in [-0.1, -0.05) is 30.4 Å². The highest BCUT2D eigenvalue weighted by Crippen LogP contribution is 2.30. The maximum atomic E-state index is 5.83. The topological polar surface area (TPSA) is 59.9 Å². The molecule has 4 rings (SSSR count). The first kappa shape index (κ1) is 17.4. The van der Waals surface area contributed by atoms with Crippen LogP contribution in [0.4, 0.5) is 10.8 Å². The molecule has 27 heavy (non-hydrogen) atoms. The summed E-state index contributed by atoms with van der Waals surface area (Å²) >= 11 is 1.65. The maximum Gasteiger partial charge on any atom is 0.322 e. The zero-order valence-electron chi connectivity index (χ0n) is 15.5. The SMILES string of the molecule is CCc1ccc2nc(Nc3cccc(Oc4nc(C)cc(C)n4)c3)sc2c1. The summed E-state index contributed by atoms with van der Waals surface area (Å²) in [5.41, 5.74) is 5.00. The molecule has 5 nitrogen and oxygen atoms in total. The zero-order chi connectivity index (χ0) is 18.8. The van der Waals surface area contributed by atoms with Crippen LogP contribution in [0.2, 0.25) is 0 Å². The van der Waals surface area contributed by atoms with E-state index in [9.17, 15) is 0 Å². The van der Waals surface area contributed by atoms with Gasteiger partial charge in [-0.25, -0.2) is 15.0 Å². The second-order valence-electron chi connectivity index (χ2n) is 6.36. The van der Waals surface area contributed by atoms with Crippen LogP contribution >= 0.6 is 11.3 Å². The van der Waals surface area contributed by atoms with E-state index in [1.807, 2.05) is 44.2 Å². The van der Waals surface area contributed by atoms with E-state index < -0.39 is 0 Å². The predicted octanol–water partition coefficient (Wildman–Crippen LogP) is 5.80. The fourth-order valence-electron chi connectivity index (χ4n) is 2.85. The van der Waals surface area contributed by atoms with E-state index in [2.05, 4.69) is 45.4 Å². The highest BCUT2D eigenvalue weighted by molar-refractivity contribution is 7.22. The summed E-state index contributed by atoms with van der Waals surface area (Å²) in [6, 6.07) is 16.4. The number of benzene rings is 2. The molecule has 136 valence electrons. The van der Waals surface area contributed by atoms with E-state index in [1.54, 1.807) is 11.3 Å². The molecule has 0 saturated carbocycles. The van der Waals surface area contributed by atoms with Gasteiger partial charge >= 0.3 is 6.01 Å². The van der Waals surface area contributed by atoms with Crippen LogP contribution < -0.4 is 10.1 Å². The lowest BCUT2D eigenvalue weighted by atomic mass is 10.2. The molecule has 2 aromatic heterocycles. The van der Waals surface area contributed by atoms with Crippen LogP contribution in [0, 0.1) is 13.8 Å². The van der Waals surface area contributed by atoms with Crippen LogP contribution in [-0.2, 0) is 6.42 Å². The van der Waals surface area contributed by atoms with E-state index in [-0.39, 0.29) is 0 Å². The molecule has 0 spiro atoms. The summed E-state index contributed by atoms with van der Waals surface area (Å²) < 4.78 is 7.02. The molecule has 2 aromatic carbocycles. The van der Waals surface area contributed by atoms with Crippen molar-refractivity contribution < 1.29 is 4.74 Å². The quantitative estimate of drug-likeness (QED) is 0.477. The van der Waals surface area contributed by atoms with E-state index in [0.717, 1.165) is 34.1 Å². The van der Waals surface area contributed by atoms with Crippen molar-refractivity contribution in [1.82, 2.24) is 15.0 Å². The second kappa shape index (κ2) is 7.32. The van der Waals surface area contributed by atoms with Crippen LogP contribution in [0.15, 0.2) is 48.5 Å². The van der Waals surface area contributed by atoms with Gasteiger partial charge in [-0.15, -0.1) is 0 Å². The Balaban J connectivity index is 1.55. The molecule has 0 aliphatic carbocycles. The summed E-state index contributed by atoms with van der Waals surface area (Å²) in [5, 5.41) is 4.23. The van der Waals surface area contributed by atoms with Crippen LogP contribution in [0.25, 0.3) is 10.2 Å². The number of hydrogen-bond donors (Lipinski definition) is 1. The van der Waals surface area contributed by atoms with E-state index in [1.165, 1.54) is 10.3 Å². The molecule has 0 unspecified atom stereocenters. The molecule has 4 aromatic rings. The van der Waals surface area contributed by atoms with Crippen molar-refractivity contribution in [3.63, 3.8) is 0 Å². The first-order valence-corrected chi connectivity index (χ1v) is 9.67. The fourth-order valence-corrected chi connectivity index (χ4v) is 3.80. The number of ether oxygens (including phenoxy) is 1. The van der Waals surface area contributed by atoms with Crippen LogP contribution in [0.5, 0.6) is 11.8 Å². The van der Waals surface area contributed by atoms with Gasteiger partial charge in [0.2, 0.25) is 0 Å². The molecule has 1 N–H and O–H groups in total. The molecule has 0 aliphatic heterocycles. The minimum atomic E-state index is 0.358. The first-order valence-electron chi connectivity index (χ1n) is 8.86. The number of nitrogens with one attached hydrogen (secondary N) is 1. The lowest BCUT2D eigenvalue weighted by Gasteiger charge is -2.08. The highest BCUT2D eigenvalue weighted by Gasteiger charge is 2.07. The summed E-state index contributed by atoms with van der Waals surface area (Å²) in [4.78, 5) is 13.3. The van der Waals surface area contributed by atoms with Crippen molar-refractivity contribution in [2.75, 3.05) is 5.32 Å². The Morgan fingerprint density at radius 3 is 2.56 bits per heavy atom. The molecule has 0 amide bonds. The lowest BCUT2D eigenvalue weighted by Crippen LogP contribution is -1.96. The van der Waals surface area contributed by atoms with Gasteiger partial charge in [0.15, 0.2) is 5.13 Å². The van der Waals surface area contributed by atoms with Crippen LogP contribution in [0.3, 0.4) is 0 Å². The Labute approximate surface area is 162 Å². The number of nitrogens with zero attached hydrogens (tertiary/aromatic N) is 3. The Morgan fingerprint density at radius 2 is 1.78 bits per heavy atom.